The topological polar surface area (TPSA) is 52.3 Å². The second-order valence-corrected chi connectivity index (χ2v) is 5.14. The summed E-state index contributed by atoms with van der Waals surface area (Å²) in [6.45, 7) is 1.77. The second-order valence-electron chi connectivity index (χ2n) is 4.23. The first-order chi connectivity index (χ1) is 9.63. The van der Waals surface area contributed by atoms with Crippen LogP contribution < -0.4 is 0 Å². The Bertz CT molecular complexity index is 778. The number of aromatic nitrogens is 1. The van der Waals surface area contributed by atoms with Crippen molar-refractivity contribution in [2.24, 2.45) is 0 Å². The van der Waals surface area contributed by atoms with Gasteiger partial charge in [-0.2, -0.15) is 0 Å². The van der Waals surface area contributed by atoms with Crippen LogP contribution in [0.15, 0.2) is 34.1 Å². The van der Waals surface area contributed by atoms with Crippen molar-refractivity contribution in [1.82, 2.24) is 4.98 Å². The maximum absolute atomic E-state index is 13.0. The van der Waals surface area contributed by atoms with Gasteiger partial charge < -0.3 is 9.15 Å². The number of benzene rings is 1. The molecule has 2 aromatic heterocycles. The van der Waals surface area contributed by atoms with Gasteiger partial charge in [0.1, 0.15) is 16.2 Å². The Hall–Kier alpha value is -2.21. The fourth-order valence-corrected chi connectivity index (χ4v) is 2.60. The van der Waals surface area contributed by atoms with Crippen LogP contribution in [0.5, 0.6) is 0 Å². The molecule has 0 aliphatic heterocycles. The van der Waals surface area contributed by atoms with Crippen molar-refractivity contribution in [1.29, 1.82) is 0 Å². The maximum atomic E-state index is 13.0. The van der Waals surface area contributed by atoms with E-state index >= 15 is 0 Å². The number of hydrogen-bond acceptors (Lipinski definition) is 5. The first kappa shape index (κ1) is 12.8. The van der Waals surface area contributed by atoms with Crippen LogP contribution in [0.3, 0.4) is 0 Å². The van der Waals surface area contributed by atoms with Crippen LogP contribution in [0.2, 0.25) is 0 Å². The third-order valence-corrected chi connectivity index (χ3v) is 3.77. The molecule has 3 rings (SSSR count). The van der Waals surface area contributed by atoms with E-state index in [9.17, 15) is 9.18 Å². The molecule has 0 unspecified atom stereocenters. The Labute approximate surface area is 117 Å². The van der Waals surface area contributed by atoms with Gasteiger partial charge in [-0.05, 0) is 36.1 Å². The molecule has 102 valence electrons. The number of fused-ring (bicyclic) bond motifs is 1. The molecule has 4 nitrogen and oxygen atoms in total. The van der Waals surface area contributed by atoms with Gasteiger partial charge in [0.05, 0.1) is 0 Å². The number of oxazole rings is 1. The van der Waals surface area contributed by atoms with E-state index in [4.69, 9.17) is 9.15 Å². The third-order valence-electron chi connectivity index (χ3n) is 2.77. The van der Waals surface area contributed by atoms with Crippen molar-refractivity contribution in [3.63, 3.8) is 0 Å². The first-order valence-corrected chi connectivity index (χ1v) is 6.77. The van der Waals surface area contributed by atoms with E-state index in [1.807, 2.05) is 18.4 Å². The van der Waals surface area contributed by atoms with Gasteiger partial charge in [0.2, 0.25) is 5.89 Å². The molecular formula is C14H10FNO3S. The molecule has 0 bridgehead atoms. The summed E-state index contributed by atoms with van der Waals surface area (Å²) in [7, 11) is 0. The van der Waals surface area contributed by atoms with Gasteiger partial charge in [-0.1, -0.05) is 0 Å². The van der Waals surface area contributed by atoms with E-state index in [-0.39, 0.29) is 12.5 Å². The molecule has 0 atom stereocenters. The van der Waals surface area contributed by atoms with Gasteiger partial charge in [0, 0.05) is 6.07 Å². The van der Waals surface area contributed by atoms with Crippen molar-refractivity contribution >= 4 is 28.4 Å². The number of carbonyl (C=O) groups excluding carboxylic acids is 1. The minimum absolute atomic E-state index is 0.0769. The normalized spacial score (nSPS) is 10.9. The molecule has 0 spiro atoms. The number of rotatable bonds is 3. The number of nitrogens with zero attached hydrogens (tertiary/aromatic N) is 1. The highest BCUT2D eigenvalue weighted by atomic mass is 32.1. The number of carbonyl (C=O) groups is 1. The van der Waals surface area contributed by atoms with Crippen LogP contribution in [0, 0.1) is 12.7 Å². The molecule has 0 amide bonds. The number of ether oxygens (including phenoxy) is 1. The zero-order valence-corrected chi connectivity index (χ0v) is 11.4. The quantitative estimate of drug-likeness (QED) is 0.690. The molecule has 6 heteroatoms. The lowest BCUT2D eigenvalue weighted by Crippen LogP contribution is -2.04. The van der Waals surface area contributed by atoms with E-state index in [0.29, 0.717) is 16.0 Å². The molecular weight excluding hydrogens is 281 g/mol. The highest BCUT2D eigenvalue weighted by molar-refractivity contribution is 7.12. The van der Waals surface area contributed by atoms with E-state index in [2.05, 4.69) is 4.98 Å². The number of hydrogen-bond donors (Lipinski definition) is 0. The Morgan fingerprint density at radius 2 is 2.30 bits per heavy atom. The van der Waals surface area contributed by atoms with Gasteiger partial charge in [0.15, 0.2) is 12.2 Å². The lowest BCUT2D eigenvalue weighted by Gasteiger charge is -2.00. The van der Waals surface area contributed by atoms with E-state index in [1.54, 1.807) is 0 Å². The maximum Gasteiger partial charge on any atom is 0.349 e. The average Bonchev–Trinajstić information content (AvgIpc) is 3.01. The Morgan fingerprint density at radius 1 is 1.45 bits per heavy atom. The number of halogens is 1. The summed E-state index contributed by atoms with van der Waals surface area (Å²) in [4.78, 5) is 16.5. The summed E-state index contributed by atoms with van der Waals surface area (Å²) in [5, 5.41) is 1.83. The molecule has 20 heavy (non-hydrogen) atoms. The second kappa shape index (κ2) is 5.05. The fourth-order valence-electron chi connectivity index (χ4n) is 1.78. The summed E-state index contributed by atoms with van der Waals surface area (Å²) in [6.07, 6.45) is 0. The van der Waals surface area contributed by atoms with Crippen LogP contribution in [-0.4, -0.2) is 11.0 Å². The van der Waals surface area contributed by atoms with Crippen LogP contribution in [-0.2, 0) is 11.3 Å². The van der Waals surface area contributed by atoms with Crippen LogP contribution in [0.25, 0.3) is 11.1 Å². The summed E-state index contributed by atoms with van der Waals surface area (Å²) in [6, 6.07) is 5.92. The van der Waals surface area contributed by atoms with Crippen molar-refractivity contribution in [3.8, 4) is 0 Å². The number of esters is 1. The predicted molar refractivity (Wildman–Crippen MR) is 72.1 cm³/mol. The molecule has 0 radical (unpaired) electrons. The molecule has 0 fully saturated rings. The number of aryl methyl sites for hydroxylation is 1. The monoisotopic (exact) mass is 291 g/mol. The Kier molecular flexibility index (Phi) is 3.23. The van der Waals surface area contributed by atoms with E-state index in [0.717, 1.165) is 5.56 Å². The summed E-state index contributed by atoms with van der Waals surface area (Å²) < 4.78 is 23.5. The predicted octanol–water partition coefficient (Wildman–Crippen LogP) is 3.69. The standard InChI is InChI=1S/C14H10FNO3S/c1-8-4-5-20-13(8)14(17)18-7-12-16-10-3-2-9(15)6-11(10)19-12/h2-6H,7H2,1H3. The molecule has 0 aliphatic carbocycles. The largest absolute Gasteiger partial charge is 0.451 e. The van der Waals surface area contributed by atoms with Gasteiger partial charge in [-0.15, -0.1) is 11.3 Å². The summed E-state index contributed by atoms with van der Waals surface area (Å²) in [5.74, 6) is -0.564. The molecule has 0 saturated heterocycles. The summed E-state index contributed by atoms with van der Waals surface area (Å²) in [5.41, 5.74) is 1.74. The lowest BCUT2D eigenvalue weighted by molar-refractivity contribution is 0.0445. The van der Waals surface area contributed by atoms with Gasteiger partial charge in [-0.3, -0.25) is 0 Å². The third kappa shape index (κ3) is 2.42. The van der Waals surface area contributed by atoms with Crippen LogP contribution in [0.4, 0.5) is 4.39 Å². The van der Waals surface area contributed by atoms with Crippen molar-refractivity contribution in [3.05, 3.63) is 51.8 Å². The zero-order valence-electron chi connectivity index (χ0n) is 10.6. The first-order valence-electron chi connectivity index (χ1n) is 5.89. The minimum Gasteiger partial charge on any atom is -0.451 e. The van der Waals surface area contributed by atoms with E-state index in [1.165, 1.54) is 29.5 Å². The van der Waals surface area contributed by atoms with Crippen molar-refractivity contribution in [2.45, 2.75) is 13.5 Å². The Morgan fingerprint density at radius 3 is 3.05 bits per heavy atom. The average molecular weight is 291 g/mol. The van der Waals surface area contributed by atoms with Crippen LogP contribution >= 0.6 is 11.3 Å². The van der Waals surface area contributed by atoms with Crippen molar-refractivity contribution < 1.29 is 18.3 Å². The fraction of sp³-hybridized carbons (Fsp3) is 0.143. The molecule has 0 N–H and O–H groups in total. The van der Waals surface area contributed by atoms with Gasteiger partial charge in [-0.25, -0.2) is 14.2 Å². The Balaban J connectivity index is 1.74. The highest BCUT2D eigenvalue weighted by Crippen LogP contribution is 2.19. The molecule has 0 saturated carbocycles. The number of thiophene rings is 1. The van der Waals surface area contributed by atoms with Gasteiger partial charge in [0.25, 0.3) is 0 Å². The SMILES string of the molecule is Cc1ccsc1C(=O)OCc1nc2ccc(F)cc2o1. The lowest BCUT2D eigenvalue weighted by atomic mass is 10.3. The molecule has 1 aromatic carbocycles. The molecule has 2 heterocycles. The minimum atomic E-state index is -0.411. The summed E-state index contributed by atoms with van der Waals surface area (Å²) >= 11 is 1.32. The van der Waals surface area contributed by atoms with Gasteiger partial charge >= 0.3 is 5.97 Å². The smallest absolute Gasteiger partial charge is 0.349 e. The zero-order chi connectivity index (χ0) is 14.1. The van der Waals surface area contributed by atoms with Crippen LogP contribution in [0.1, 0.15) is 21.1 Å². The molecule has 3 aromatic rings. The van der Waals surface area contributed by atoms with Crippen molar-refractivity contribution in [2.75, 3.05) is 0 Å². The molecule has 0 aliphatic rings. The highest BCUT2D eigenvalue weighted by Gasteiger charge is 2.14. The van der Waals surface area contributed by atoms with E-state index < -0.39 is 11.8 Å².